The molecule has 7 nitrogen and oxygen atoms in total. The maximum atomic E-state index is 12.3. The number of hydrogen-bond donors (Lipinski definition) is 0. The molecule has 36 heavy (non-hydrogen) atoms. The Hall–Kier alpha value is -3.37. The van der Waals surface area contributed by atoms with Gasteiger partial charge in [0.2, 0.25) is 0 Å². The van der Waals surface area contributed by atoms with Gasteiger partial charge in [-0.2, -0.15) is 0 Å². The van der Waals surface area contributed by atoms with Gasteiger partial charge in [-0.1, -0.05) is 35.5 Å². The van der Waals surface area contributed by atoms with Crippen LogP contribution in [0, 0.1) is 12.5 Å². The summed E-state index contributed by atoms with van der Waals surface area (Å²) in [6.07, 6.45) is 3.62. The van der Waals surface area contributed by atoms with E-state index in [2.05, 4.69) is 27.0 Å². The summed E-state index contributed by atoms with van der Waals surface area (Å²) in [6.45, 7) is 15.1. The monoisotopic (exact) mass is 488 g/mol. The molecule has 7 heteroatoms. The number of piperidine rings is 1. The van der Waals surface area contributed by atoms with Crippen molar-refractivity contribution >= 4 is 22.7 Å². The Bertz CT molecular complexity index is 1240. The van der Waals surface area contributed by atoms with Crippen molar-refractivity contribution in [3.63, 3.8) is 0 Å². The number of amides is 1. The van der Waals surface area contributed by atoms with E-state index in [0.29, 0.717) is 11.6 Å². The number of ether oxygens (including phenoxy) is 1. The van der Waals surface area contributed by atoms with Gasteiger partial charge in [-0.15, -0.1) is 0 Å². The second kappa shape index (κ2) is 10.7. The normalized spacial score (nSPS) is 14.9. The molecule has 0 bridgehead atoms. The van der Waals surface area contributed by atoms with Crippen LogP contribution in [0.1, 0.15) is 51.3 Å². The summed E-state index contributed by atoms with van der Waals surface area (Å²) < 4.78 is 11.4. The Balaban J connectivity index is 1.46. The van der Waals surface area contributed by atoms with Gasteiger partial charge in [-0.05, 0) is 83.7 Å². The smallest absolute Gasteiger partial charge is 0.410 e. The molecular formula is C29H36N4O3. The fraction of sp³-hybridized carbons (Fsp3) is 0.483. The predicted octanol–water partition coefficient (Wildman–Crippen LogP) is 6.69. The van der Waals surface area contributed by atoms with Crippen molar-refractivity contribution in [3.8, 4) is 11.1 Å². The highest BCUT2D eigenvalue weighted by molar-refractivity contribution is 5.89. The Morgan fingerprint density at radius 1 is 1.17 bits per heavy atom. The number of aromatic nitrogens is 1. The van der Waals surface area contributed by atoms with Crippen LogP contribution in [0.5, 0.6) is 0 Å². The molecule has 3 aromatic rings. The number of nitrogens with zero attached hydrogens (tertiary/aromatic N) is 4. The molecule has 0 atom stereocenters. The van der Waals surface area contributed by atoms with Gasteiger partial charge < -0.3 is 19.1 Å². The molecule has 2 heterocycles. The van der Waals surface area contributed by atoms with Gasteiger partial charge in [0.05, 0.1) is 12.3 Å². The molecular weight excluding hydrogens is 452 g/mol. The predicted molar refractivity (Wildman–Crippen MR) is 142 cm³/mol. The minimum atomic E-state index is -0.464. The number of hydrogen-bond acceptors (Lipinski definition) is 5. The Kier molecular flexibility index (Phi) is 7.65. The third kappa shape index (κ3) is 6.06. The van der Waals surface area contributed by atoms with Crippen LogP contribution in [0.4, 0.5) is 10.5 Å². The van der Waals surface area contributed by atoms with E-state index in [0.717, 1.165) is 78.7 Å². The van der Waals surface area contributed by atoms with E-state index in [1.54, 1.807) is 0 Å². The highest BCUT2D eigenvalue weighted by atomic mass is 16.6. The van der Waals surface area contributed by atoms with Gasteiger partial charge in [0.25, 0.3) is 0 Å². The van der Waals surface area contributed by atoms with Crippen LogP contribution in [0.2, 0.25) is 0 Å². The summed E-state index contributed by atoms with van der Waals surface area (Å²) in [6, 6.07) is 12.0. The lowest BCUT2D eigenvalue weighted by Gasteiger charge is -2.33. The Morgan fingerprint density at radius 2 is 1.86 bits per heavy atom. The SMILES string of the molecule is [C-]#[N+]c1ccc(-c2ccc3c(CCC4CCN(C(=O)OC(C)(C)C)CC4)noc3c2CN(C)C)cc1. The molecule has 0 spiro atoms. The zero-order valence-corrected chi connectivity index (χ0v) is 22.0. The second-order valence-electron chi connectivity index (χ2n) is 10.9. The summed E-state index contributed by atoms with van der Waals surface area (Å²) in [5.41, 5.74) is 5.28. The second-order valence-corrected chi connectivity index (χ2v) is 10.9. The Morgan fingerprint density at radius 3 is 2.47 bits per heavy atom. The molecule has 1 saturated heterocycles. The van der Waals surface area contributed by atoms with Crippen LogP contribution >= 0.6 is 0 Å². The first-order valence-corrected chi connectivity index (χ1v) is 12.7. The van der Waals surface area contributed by atoms with Crippen LogP contribution in [-0.4, -0.2) is 53.8 Å². The first-order chi connectivity index (χ1) is 17.1. The highest BCUT2D eigenvalue weighted by Gasteiger charge is 2.27. The molecule has 190 valence electrons. The summed E-state index contributed by atoms with van der Waals surface area (Å²) in [5.74, 6) is 0.553. The number of rotatable bonds is 6. The van der Waals surface area contributed by atoms with E-state index in [-0.39, 0.29) is 6.09 Å². The van der Waals surface area contributed by atoms with Gasteiger partial charge in [-0.25, -0.2) is 9.64 Å². The third-order valence-corrected chi connectivity index (χ3v) is 6.66. The zero-order chi connectivity index (χ0) is 25.9. The van der Waals surface area contributed by atoms with Crippen molar-refractivity contribution in [3.05, 3.63) is 59.1 Å². The van der Waals surface area contributed by atoms with E-state index in [9.17, 15) is 4.79 Å². The van der Waals surface area contributed by atoms with Gasteiger partial charge in [0, 0.05) is 30.6 Å². The number of fused-ring (bicyclic) bond motifs is 1. The lowest BCUT2D eigenvalue weighted by Crippen LogP contribution is -2.41. The zero-order valence-electron chi connectivity index (χ0n) is 22.0. The van der Waals surface area contributed by atoms with Crippen LogP contribution in [-0.2, 0) is 17.7 Å². The van der Waals surface area contributed by atoms with Crippen LogP contribution < -0.4 is 0 Å². The summed E-state index contributed by atoms with van der Waals surface area (Å²) in [4.78, 5) is 19.8. The van der Waals surface area contributed by atoms with E-state index < -0.39 is 5.60 Å². The highest BCUT2D eigenvalue weighted by Crippen LogP contribution is 2.34. The van der Waals surface area contributed by atoms with Crippen molar-refractivity contribution in [1.29, 1.82) is 0 Å². The maximum absolute atomic E-state index is 12.3. The molecule has 0 saturated carbocycles. The molecule has 1 aliphatic rings. The minimum Gasteiger partial charge on any atom is -0.444 e. The molecule has 1 aromatic heterocycles. The largest absolute Gasteiger partial charge is 0.444 e. The number of aryl methyl sites for hydroxylation is 1. The first-order valence-electron chi connectivity index (χ1n) is 12.7. The fourth-order valence-corrected chi connectivity index (χ4v) is 4.82. The van der Waals surface area contributed by atoms with Crippen molar-refractivity contribution in [2.24, 2.45) is 5.92 Å². The van der Waals surface area contributed by atoms with Gasteiger partial charge in [0.15, 0.2) is 11.3 Å². The van der Waals surface area contributed by atoms with Crippen LogP contribution in [0.15, 0.2) is 40.9 Å². The van der Waals surface area contributed by atoms with Crippen molar-refractivity contribution < 1.29 is 14.1 Å². The lowest BCUT2D eigenvalue weighted by molar-refractivity contribution is 0.0181. The number of carbonyl (C=O) groups is 1. The van der Waals surface area contributed by atoms with Gasteiger partial charge in [-0.3, -0.25) is 0 Å². The number of carbonyl (C=O) groups excluding carboxylic acids is 1. The lowest BCUT2D eigenvalue weighted by atomic mass is 9.90. The fourth-order valence-electron chi connectivity index (χ4n) is 4.82. The molecule has 1 aliphatic heterocycles. The molecule has 1 fully saturated rings. The Labute approximate surface area is 213 Å². The van der Waals surface area contributed by atoms with E-state index >= 15 is 0 Å². The molecule has 0 aliphatic carbocycles. The summed E-state index contributed by atoms with van der Waals surface area (Å²) in [7, 11) is 4.09. The standard InChI is InChI=1S/C29H36N4O3/c1-29(2,3)35-28(34)33-17-15-20(16-18-33)7-14-26-24-13-12-23(21-8-10-22(30-4)11-9-21)25(19-32(5)6)27(24)36-31-26/h8-13,20H,7,14-19H2,1-3,5-6H3. The topological polar surface area (TPSA) is 63.2 Å². The maximum Gasteiger partial charge on any atom is 0.410 e. The van der Waals surface area contributed by atoms with E-state index in [1.807, 2.05) is 64.0 Å². The number of benzene rings is 2. The number of likely N-dealkylation sites (tertiary alicyclic amines) is 1. The van der Waals surface area contributed by atoms with Crippen molar-refractivity contribution in [2.45, 2.75) is 58.6 Å². The summed E-state index contributed by atoms with van der Waals surface area (Å²) in [5, 5.41) is 5.54. The first kappa shape index (κ1) is 25.7. The molecule has 0 radical (unpaired) electrons. The molecule has 1 amide bonds. The molecule has 0 unspecified atom stereocenters. The molecule has 2 aromatic carbocycles. The molecule has 4 rings (SSSR count). The van der Waals surface area contributed by atoms with Gasteiger partial charge in [0.1, 0.15) is 5.60 Å². The third-order valence-electron chi connectivity index (χ3n) is 6.66. The van der Waals surface area contributed by atoms with Crippen LogP contribution in [0.25, 0.3) is 26.9 Å². The van der Waals surface area contributed by atoms with E-state index in [4.69, 9.17) is 15.8 Å². The quantitative estimate of drug-likeness (QED) is 0.362. The van der Waals surface area contributed by atoms with Gasteiger partial charge >= 0.3 is 6.09 Å². The average Bonchev–Trinajstić information content (AvgIpc) is 3.25. The molecule has 0 N–H and O–H groups in total. The average molecular weight is 489 g/mol. The van der Waals surface area contributed by atoms with Crippen molar-refractivity contribution in [2.75, 3.05) is 27.2 Å². The minimum absolute atomic E-state index is 0.212. The van der Waals surface area contributed by atoms with E-state index in [1.165, 1.54) is 0 Å². The summed E-state index contributed by atoms with van der Waals surface area (Å²) >= 11 is 0. The van der Waals surface area contributed by atoms with Crippen LogP contribution in [0.3, 0.4) is 0 Å². The van der Waals surface area contributed by atoms with Crippen molar-refractivity contribution in [1.82, 2.24) is 15.0 Å².